The number of rotatable bonds is 13. The van der Waals surface area contributed by atoms with Crippen LogP contribution in [0.4, 0.5) is 5.69 Å². The molecule has 10 heteroatoms. The van der Waals surface area contributed by atoms with E-state index in [2.05, 4.69) is 21.2 Å². The van der Waals surface area contributed by atoms with E-state index in [0.29, 0.717) is 17.1 Å². The summed E-state index contributed by atoms with van der Waals surface area (Å²) in [7, 11) is -4.21. The van der Waals surface area contributed by atoms with Crippen LogP contribution in [0.15, 0.2) is 106 Å². The zero-order valence-electron chi connectivity index (χ0n) is 26.4. The minimum atomic E-state index is -4.21. The van der Waals surface area contributed by atoms with E-state index < -0.39 is 28.5 Å². The van der Waals surface area contributed by atoms with Crippen LogP contribution in [0.2, 0.25) is 5.02 Å². The van der Waals surface area contributed by atoms with Crippen LogP contribution in [0.1, 0.15) is 42.5 Å². The third-order valence-electron chi connectivity index (χ3n) is 8.00. The Morgan fingerprint density at radius 3 is 2.13 bits per heavy atom. The van der Waals surface area contributed by atoms with E-state index in [1.54, 1.807) is 12.1 Å². The second-order valence-electron chi connectivity index (χ2n) is 11.4. The number of hydrogen-bond donors (Lipinski definition) is 1. The van der Waals surface area contributed by atoms with Crippen molar-refractivity contribution in [3.8, 4) is 0 Å². The van der Waals surface area contributed by atoms with Gasteiger partial charge in [0.25, 0.3) is 10.0 Å². The fourth-order valence-corrected chi connectivity index (χ4v) is 6.72. The highest BCUT2D eigenvalue weighted by Crippen LogP contribution is 2.28. The van der Waals surface area contributed by atoms with Crippen LogP contribution in [0, 0.1) is 13.8 Å². The molecule has 242 valence electrons. The molecular formula is C36H39BrClN3O4S. The lowest BCUT2D eigenvalue weighted by atomic mass is 10.0. The topological polar surface area (TPSA) is 86.8 Å². The van der Waals surface area contributed by atoms with Gasteiger partial charge < -0.3 is 10.2 Å². The highest BCUT2D eigenvalue weighted by Gasteiger charge is 2.35. The molecule has 2 amide bonds. The second-order valence-corrected chi connectivity index (χ2v) is 14.6. The Labute approximate surface area is 285 Å². The van der Waals surface area contributed by atoms with Crippen molar-refractivity contribution in [2.75, 3.05) is 10.8 Å². The number of nitrogens with zero attached hydrogens (tertiary/aromatic N) is 2. The van der Waals surface area contributed by atoms with Crippen molar-refractivity contribution in [2.45, 2.75) is 64.1 Å². The van der Waals surface area contributed by atoms with Gasteiger partial charge in [-0.25, -0.2) is 8.42 Å². The van der Waals surface area contributed by atoms with Gasteiger partial charge >= 0.3 is 0 Å². The third kappa shape index (κ3) is 8.99. The number of benzene rings is 4. The summed E-state index contributed by atoms with van der Waals surface area (Å²) < 4.78 is 30.4. The largest absolute Gasteiger partial charge is 0.352 e. The first-order valence-electron chi connectivity index (χ1n) is 15.1. The highest BCUT2D eigenvalue weighted by molar-refractivity contribution is 9.10. The van der Waals surface area contributed by atoms with Crippen LogP contribution < -0.4 is 9.62 Å². The standard InChI is InChI=1S/C36H39BrClN3O4S/c1-5-27(4)39-36(43)34(22-28-9-7-6-8-10-28)40(23-29-12-14-30(37)15-13-29)35(42)24-41(32-18-11-25(2)26(3)21-32)46(44,45)33-19-16-31(38)17-20-33/h6-21,27,34H,5,22-24H2,1-4H3,(H,39,43)/t27-,34+/m0/s1. The summed E-state index contributed by atoms with van der Waals surface area (Å²) in [5.41, 5.74) is 3.88. The lowest BCUT2D eigenvalue weighted by Crippen LogP contribution is -2.54. The summed E-state index contributed by atoms with van der Waals surface area (Å²) >= 11 is 9.54. The fourth-order valence-electron chi connectivity index (χ4n) is 4.92. The van der Waals surface area contributed by atoms with Gasteiger partial charge in [0.15, 0.2) is 0 Å². The van der Waals surface area contributed by atoms with Crippen molar-refractivity contribution in [1.29, 1.82) is 0 Å². The average molecular weight is 725 g/mol. The molecule has 0 heterocycles. The van der Waals surface area contributed by atoms with Gasteiger partial charge in [-0.3, -0.25) is 13.9 Å². The van der Waals surface area contributed by atoms with Crippen LogP contribution >= 0.6 is 27.5 Å². The first-order valence-corrected chi connectivity index (χ1v) is 17.7. The Balaban J connectivity index is 1.82. The van der Waals surface area contributed by atoms with Crippen molar-refractivity contribution < 1.29 is 18.0 Å². The van der Waals surface area contributed by atoms with Gasteiger partial charge in [0.05, 0.1) is 10.6 Å². The van der Waals surface area contributed by atoms with E-state index in [-0.39, 0.29) is 29.8 Å². The van der Waals surface area contributed by atoms with Gasteiger partial charge in [-0.2, -0.15) is 0 Å². The smallest absolute Gasteiger partial charge is 0.264 e. The lowest BCUT2D eigenvalue weighted by molar-refractivity contribution is -0.140. The fraction of sp³-hybridized carbons (Fsp3) is 0.278. The third-order valence-corrected chi connectivity index (χ3v) is 10.6. The normalized spacial score (nSPS) is 12.7. The van der Waals surface area contributed by atoms with Crippen LogP contribution in [0.3, 0.4) is 0 Å². The predicted octanol–water partition coefficient (Wildman–Crippen LogP) is 7.47. The maximum atomic E-state index is 14.6. The number of anilines is 1. The number of hydrogen-bond acceptors (Lipinski definition) is 4. The second kappa shape index (κ2) is 15.8. The quantitative estimate of drug-likeness (QED) is 0.155. The average Bonchev–Trinajstić information content (AvgIpc) is 3.04. The molecule has 0 aliphatic rings. The summed E-state index contributed by atoms with van der Waals surface area (Å²) in [5.74, 6) is -0.819. The molecule has 4 rings (SSSR count). The minimum absolute atomic E-state index is 0.00210. The van der Waals surface area contributed by atoms with E-state index in [1.165, 1.54) is 29.2 Å². The first kappa shape index (κ1) is 35.2. The molecule has 0 aromatic heterocycles. The molecule has 4 aromatic carbocycles. The van der Waals surface area contributed by atoms with E-state index in [9.17, 15) is 18.0 Å². The van der Waals surface area contributed by atoms with E-state index in [4.69, 9.17) is 11.6 Å². The molecule has 2 atom stereocenters. The summed E-state index contributed by atoms with van der Waals surface area (Å²) in [5, 5.41) is 3.45. The van der Waals surface area contributed by atoms with Gasteiger partial charge in [0, 0.05) is 28.5 Å². The molecule has 0 aliphatic carbocycles. The molecule has 7 nitrogen and oxygen atoms in total. The van der Waals surface area contributed by atoms with Crippen molar-refractivity contribution >= 4 is 55.1 Å². The molecule has 1 N–H and O–H groups in total. The Morgan fingerprint density at radius 1 is 0.870 bits per heavy atom. The van der Waals surface area contributed by atoms with Crippen LogP contribution in [0.5, 0.6) is 0 Å². The molecule has 4 aromatic rings. The number of nitrogens with one attached hydrogen (secondary N) is 1. The van der Waals surface area contributed by atoms with Crippen molar-refractivity contribution in [1.82, 2.24) is 10.2 Å². The van der Waals surface area contributed by atoms with Gasteiger partial charge in [0.2, 0.25) is 11.8 Å². The van der Waals surface area contributed by atoms with Gasteiger partial charge in [0.1, 0.15) is 12.6 Å². The molecule has 0 saturated heterocycles. The first-order chi connectivity index (χ1) is 21.9. The number of halogens is 2. The van der Waals surface area contributed by atoms with Gasteiger partial charge in [-0.1, -0.05) is 83.0 Å². The zero-order valence-corrected chi connectivity index (χ0v) is 29.6. The molecule has 0 aliphatic heterocycles. The molecule has 0 spiro atoms. The molecule has 0 fully saturated rings. The zero-order chi connectivity index (χ0) is 33.4. The summed E-state index contributed by atoms with van der Waals surface area (Å²) in [6, 6.07) is 27.1. The van der Waals surface area contributed by atoms with E-state index >= 15 is 0 Å². The number of carbonyl (C=O) groups is 2. The number of amides is 2. The SMILES string of the molecule is CC[C@H](C)NC(=O)[C@@H](Cc1ccccc1)N(Cc1ccc(Br)cc1)C(=O)CN(c1ccc(C)c(C)c1)S(=O)(=O)c1ccc(Cl)cc1. The number of sulfonamides is 1. The Bertz CT molecular complexity index is 1750. The summed E-state index contributed by atoms with van der Waals surface area (Å²) in [6.07, 6.45) is 0.962. The van der Waals surface area contributed by atoms with Gasteiger partial charge in [-0.05, 0) is 98.0 Å². The molecule has 46 heavy (non-hydrogen) atoms. The van der Waals surface area contributed by atoms with Crippen molar-refractivity contribution in [3.63, 3.8) is 0 Å². The number of aryl methyl sites for hydroxylation is 2. The molecule has 0 saturated carbocycles. The van der Waals surface area contributed by atoms with Crippen molar-refractivity contribution in [3.05, 3.63) is 129 Å². The van der Waals surface area contributed by atoms with E-state index in [1.807, 2.05) is 88.4 Å². The predicted molar refractivity (Wildman–Crippen MR) is 188 cm³/mol. The lowest BCUT2D eigenvalue weighted by Gasteiger charge is -2.34. The molecule has 0 bridgehead atoms. The van der Waals surface area contributed by atoms with Crippen molar-refractivity contribution in [2.24, 2.45) is 0 Å². The Hall–Kier alpha value is -3.66. The van der Waals surface area contributed by atoms with Crippen LogP contribution in [-0.4, -0.2) is 43.8 Å². The van der Waals surface area contributed by atoms with E-state index in [0.717, 1.165) is 31.0 Å². The maximum absolute atomic E-state index is 14.6. The number of carbonyl (C=O) groups excluding carboxylic acids is 2. The summed E-state index contributed by atoms with van der Waals surface area (Å²) in [6.45, 7) is 7.30. The molecular weight excluding hydrogens is 686 g/mol. The minimum Gasteiger partial charge on any atom is -0.352 e. The molecule has 0 unspecified atom stereocenters. The monoisotopic (exact) mass is 723 g/mol. The Morgan fingerprint density at radius 2 is 1.52 bits per heavy atom. The van der Waals surface area contributed by atoms with Gasteiger partial charge in [-0.15, -0.1) is 0 Å². The molecule has 0 radical (unpaired) electrons. The highest BCUT2D eigenvalue weighted by atomic mass is 79.9. The summed E-state index contributed by atoms with van der Waals surface area (Å²) in [4.78, 5) is 30.0. The van der Waals surface area contributed by atoms with Crippen LogP contribution in [0.25, 0.3) is 0 Å². The van der Waals surface area contributed by atoms with Crippen LogP contribution in [-0.2, 0) is 32.6 Å². The Kier molecular flexibility index (Phi) is 12.1. The maximum Gasteiger partial charge on any atom is 0.264 e.